The lowest BCUT2D eigenvalue weighted by Gasteiger charge is -2.26. The molecule has 9 heteroatoms. The highest BCUT2D eigenvalue weighted by molar-refractivity contribution is 5.70. The van der Waals surface area contributed by atoms with Gasteiger partial charge < -0.3 is 33.3 Å². The summed E-state index contributed by atoms with van der Waals surface area (Å²) in [7, 11) is 5.92. The van der Waals surface area contributed by atoms with Crippen LogP contribution >= 0.6 is 0 Å². The number of esters is 2. The van der Waals surface area contributed by atoms with Crippen molar-refractivity contribution in [3.8, 4) is 0 Å². The van der Waals surface area contributed by atoms with E-state index in [0.29, 0.717) is 17.4 Å². The third-order valence-electron chi connectivity index (χ3n) is 14.2. The quantitative estimate of drug-likeness (QED) is 0.0195. The molecular formula is C74H125NO8. The first-order valence-electron chi connectivity index (χ1n) is 33.7. The molecule has 83 heavy (non-hydrogen) atoms. The lowest BCUT2D eigenvalue weighted by Crippen LogP contribution is -2.44. The molecule has 0 rings (SSSR count). The summed E-state index contributed by atoms with van der Waals surface area (Å²) in [5, 5.41) is 11.8. The highest BCUT2D eigenvalue weighted by Gasteiger charge is 2.22. The summed E-state index contributed by atoms with van der Waals surface area (Å²) >= 11 is 0. The molecule has 0 aliphatic rings. The first-order chi connectivity index (χ1) is 40.6. The number of hydrogen-bond acceptors (Lipinski definition) is 8. The smallest absolute Gasteiger partial charge is 0.306 e. The number of nitrogens with zero attached hydrogens (tertiary/aromatic N) is 1. The zero-order chi connectivity index (χ0) is 60.5. The second-order valence-corrected chi connectivity index (χ2v) is 23.4. The minimum atomic E-state index is -1.63. The molecule has 2 atom stereocenters. The molecule has 0 saturated carbocycles. The van der Waals surface area contributed by atoms with E-state index in [4.69, 9.17) is 18.9 Å². The van der Waals surface area contributed by atoms with E-state index in [1.165, 1.54) is 128 Å². The molecule has 0 heterocycles. The van der Waals surface area contributed by atoms with Gasteiger partial charge >= 0.3 is 11.9 Å². The Labute approximate surface area is 510 Å². The number of quaternary nitrogens is 1. The lowest BCUT2D eigenvalue weighted by atomic mass is 10.0. The van der Waals surface area contributed by atoms with Crippen molar-refractivity contribution in [2.75, 3.05) is 47.5 Å². The van der Waals surface area contributed by atoms with E-state index in [1.54, 1.807) is 0 Å². The highest BCUT2D eigenvalue weighted by atomic mass is 16.7. The van der Waals surface area contributed by atoms with Crippen LogP contribution in [0.1, 0.15) is 271 Å². The number of carbonyl (C=O) groups is 3. The van der Waals surface area contributed by atoms with E-state index < -0.39 is 24.3 Å². The predicted octanol–water partition coefficient (Wildman–Crippen LogP) is 19.5. The van der Waals surface area contributed by atoms with Crippen LogP contribution in [-0.2, 0) is 33.3 Å². The van der Waals surface area contributed by atoms with Gasteiger partial charge in [0.25, 0.3) is 0 Å². The van der Waals surface area contributed by atoms with Crippen LogP contribution in [0.4, 0.5) is 0 Å². The summed E-state index contributed by atoms with van der Waals surface area (Å²) in [5.41, 5.74) is 0. The molecule has 0 aromatic carbocycles. The van der Waals surface area contributed by atoms with Crippen LogP contribution in [0.5, 0.6) is 0 Å². The maximum absolute atomic E-state index is 12.9. The van der Waals surface area contributed by atoms with Crippen LogP contribution < -0.4 is 5.11 Å². The summed E-state index contributed by atoms with van der Waals surface area (Å²) in [6, 6.07) is 0. The molecule has 0 aliphatic heterocycles. The van der Waals surface area contributed by atoms with Crippen molar-refractivity contribution in [2.45, 2.75) is 283 Å². The van der Waals surface area contributed by atoms with Crippen molar-refractivity contribution in [1.82, 2.24) is 0 Å². The molecule has 0 aromatic rings. The number of ether oxygens (including phenoxy) is 4. The molecule has 2 unspecified atom stereocenters. The lowest BCUT2D eigenvalue weighted by molar-refractivity contribution is -0.870. The number of hydrogen-bond donors (Lipinski definition) is 0. The molecular weight excluding hydrogens is 1030 g/mol. The fourth-order valence-electron chi connectivity index (χ4n) is 9.10. The summed E-state index contributed by atoms with van der Waals surface area (Å²) in [6.07, 6.45) is 86.9. The highest BCUT2D eigenvalue weighted by Crippen LogP contribution is 2.17. The molecule has 0 N–H and O–H groups in total. The number of carboxylic acid groups (broad SMARTS) is 1. The molecule has 0 spiro atoms. The summed E-state index contributed by atoms with van der Waals surface area (Å²) in [6.45, 7) is 4.64. The van der Waals surface area contributed by atoms with Crippen LogP contribution in [0.2, 0.25) is 0 Å². The Morgan fingerprint density at radius 3 is 1.02 bits per heavy atom. The molecule has 0 aromatic heterocycles. The first kappa shape index (κ1) is 78.7. The molecule has 0 aliphatic carbocycles. The maximum Gasteiger partial charge on any atom is 0.306 e. The Bertz CT molecular complexity index is 1780. The molecule has 9 nitrogen and oxygen atoms in total. The topological polar surface area (TPSA) is 111 Å². The summed E-state index contributed by atoms with van der Waals surface area (Å²) < 4.78 is 22.8. The van der Waals surface area contributed by atoms with Crippen LogP contribution in [0, 0.1) is 0 Å². The van der Waals surface area contributed by atoms with E-state index in [-0.39, 0.29) is 38.6 Å². The molecule has 0 radical (unpaired) electrons. The van der Waals surface area contributed by atoms with Crippen molar-refractivity contribution < 1.29 is 42.9 Å². The van der Waals surface area contributed by atoms with Gasteiger partial charge in [0.2, 0.25) is 0 Å². The van der Waals surface area contributed by atoms with Crippen molar-refractivity contribution in [2.24, 2.45) is 0 Å². The summed E-state index contributed by atoms with van der Waals surface area (Å²) in [4.78, 5) is 37.4. The van der Waals surface area contributed by atoms with Crippen LogP contribution in [0.25, 0.3) is 0 Å². The Kier molecular flexibility index (Phi) is 60.4. The van der Waals surface area contributed by atoms with Crippen molar-refractivity contribution in [3.05, 3.63) is 122 Å². The standard InChI is InChI=1S/C74H125NO8/c1-6-8-10-12-14-16-18-20-22-24-26-27-28-29-30-31-32-33-34-35-36-37-38-39-40-41-42-43-44-45-47-49-51-53-55-57-59-61-63-65-72(77)83-70(69-82-74(73(78)79)80-67-66-75(3,4)5)68-81-71(76)64-62-60-58-56-54-52-50-48-46-25-23-21-19-17-15-13-11-9-7-2/h8,10,14,16,20,22,26-27,29-30,32-33,35-36,38-39,41-42,44-45,70,74H,6-7,9,11-13,15,17-19,21,23-25,28,31,34,37,40,43,46-69H2,1-5H3/b10-8-,16-14-,22-20-,27-26-,30-29-,33-32-,36-35-,39-38-,42-41-,45-44-. The van der Waals surface area contributed by atoms with Gasteiger partial charge in [-0.05, 0) is 89.9 Å². The van der Waals surface area contributed by atoms with Crippen molar-refractivity contribution >= 4 is 17.9 Å². The van der Waals surface area contributed by atoms with Gasteiger partial charge in [-0.25, -0.2) is 0 Å². The monoisotopic (exact) mass is 1160 g/mol. The zero-order valence-corrected chi connectivity index (χ0v) is 54.0. The first-order valence-corrected chi connectivity index (χ1v) is 33.7. The fourth-order valence-corrected chi connectivity index (χ4v) is 9.10. The minimum Gasteiger partial charge on any atom is -0.545 e. The zero-order valence-electron chi connectivity index (χ0n) is 54.0. The normalized spacial score (nSPS) is 13.5. The van der Waals surface area contributed by atoms with Crippen LogP contribution in [0.3, 0.4) is 0 Å². The second-order valence-electron chi connectivity index (χ2n) is 23.4. The second kappa shape index (κ2) is 63.7. The van der Waals surface area contributed by atoms with Gasteiger partial charge in [-0.2, -0.15) is 0 Å². The minimum absolute atomic E-state index is 0.142. The van der Waals surface area contributed by atoms with E-state index >= 15 is 0 Å². The Balaban J connectivity index is 4.17. The van der Waals surface area contributed by atoms with Gasteiger partial charge in [0.1, 0.15) is 13.2 Å². The van der Waals surface area contributed by atoms with Crippen LogP contribution in [-0.4, -0.2) is 82.3 Å². The van der Waals surface area contributed by atoms with Gasteiger partial charge in [0.05, 0.1) is 40.3 Å². The number of rotatable bonds is 61. The van der Waals surface area contributed by atoms with E-state index in [1.807, 2.05) is 21.1 Å². The molecule has 0 amide bonds. The molecule has 0 bridgehead atoms. The van der Waals surface area contributed by atoms with Gasteiger partial charge in [0, 0.05) is 12.8 Å². The molecule has 0 saturated heterocycles. The van der Waals surface area contributed by atoms with E-state index in [2.05, 4.69) is 135 Å². The third kappa shape index (κ3) is 65.1. The Morgan fingerprint density at radius 2 is 0.687 bits per heavy atom. The average molecular weight is 1160 g/mol. The average Bonchev–Trinajstić information content (AvgIpc) is 3.46. The van der Waals surface area contributed by atoms with Gasteiger partial charge in [-0.1, -0.05) is 289 Å². The largest absolute Gasteiger partial charge is 0.545 e. The summed E-state index contributed by atoms with van der Waals surface area (Å²) in [5.74, 6) is -2.29. The van der Waals surface area contributed by atoms with Crippen molar-refractivity contribution in [3.63, 3.8) is 0 Å². The van der Waals surface area contributed by atoms with Gasteiger partial charge in [0.15, 0.2) is 12.4 Å². The molecule has 0 fully saturated rings. The van der Waals surface area contributed by atoms with Gasteiger partial charge in [-0.3, -0.25) is 9.59 Å². The third-order valence-corrected chi connectivity index (χ3v) is 14.2. The number of allylic oxidation sites excluding steroid dienone is 20. The number of carbonyl (C=O) groups excluding carboxylic acids is 3. The van der Waals surface area contributed by atoms with Crippen molar-refractivity contribution in [1.29, 1.82) is 0 Å². The predicted molar refractivity (Wildman–Crippen MR) is 352 cm³/mol. The fraction of sp³-hybridized carbons (Fsp3) is 0.689. The number of carboxylic acids is 1. The number of likely N-dealkylation sites (N-methyl/N-ethyl adjacent to an activating group) is 1. The van der Waals surface area contributed by atoms with E-state index in [9.17, 15) is 19.5 Å². The van der Waals surface area contributed by atoms with Crippen LogP contribution in [0.15, 0.2) is 122 Å². The number of aliphatic carboxylic acids is 1. The number of unbranched alkanes of at least 4 members (excludes halogenated alkanes) is 26. The Hall–Kier alpha value is -4.31. The van der Waals surface area contributed by atoms with E-state index in [0.717, 1.165) is 109 Å². The SMILES string of the molecule is CC/C=C\C/C=C\C/C=C\C/C=C\C/C=C\C/C=C\C/C=C\C/C=C\C/C=C\C/C=C\CCCCCCCCCCC(=O)OC(COC(=O)CCCCCCCCCCCCCCCCCCCCC)COC(OCC[N+](C)(C)C)C(=O)[O-]. The Morgan fingerprint density at radius 1 is 0.373 bits per heavy atom. The van der Waals surface area contributed by atoms with Gasteiger partial charge in [-0.15, -0.1) is 0 Å². The molecule has 474 valence electrons. The maximum atomic E-state index is 12.9.